The molecule has 3 saturated heterocycles. The largest absolute Gasteiger partial charge is 0.481 e. The smallest absolute Gasteiger partial charge is 0.325 e. The quantitative estimate of drug-likeness (QED) is 0.326. The van der Waals surface area contributed by atoms with Crippen molar-refractivity contribution in [2.24, 2.45) is 62.1 Å². The lowest BCUT2D eigenvalue weighted by Gasteiger charge is -2.70. The Morgan fingerprint density at radius 3 is 2.25 bits per heavy atom. The molecule has 3 aliphatic heterocycles. The minimum Gasteiger partial charge on any atom is -0.481 e. The Morgan fingerprint density at radius 2 is 1.60 bits per heavy atom. The summed E-state index contributed by atoms with van der Waals surface area (Å²) in [5.74, 6) is -0.572. The normalized spacial score (nSPS) is 48.9. The molecule has 8 aliphatic rings. The summed E-state index contributed by atoms with van der Waals surface area (Å²) in [6.45, 7) is 18.6. The van der Waals surface area contributed by atoms with Crippen molar-refractivity contribution in [2.45, 2.75) is 125 Å². The summed E-state index contributed by atoms with van der Waals surface area (Å²) in [5.41, 5.74) is -0.518. The van der Waals surface area contributed by atoms with Crippen LogP contribution in [0.2, 0.25) is 0 Å². The molecule has 4 saturated carbocycles. The molecule has 0 unspecified atom stereocenters. The van der Waals surface area contributed by atoms with Crippen LogP contribution in [0, 0.1) is 62.1 Å². The summed E-state index contributed by atoms with van der Waals surface area (Å²) in [7, 11) is 0. The number of nitrogens with zero attached hydrogens (tertiary/aromatic N) is 1. The van der Waals surface area contributed by atoms with E-state index in [1.165, 1.54) is 5.57 Å². The van der Waals surface area contributed by atoms with Crippen LogP contribution in [-0.4, -0.2) is 65.9 Å². The van der Waals surface area contributed by atoms with Crippen LogP contribution in [-0.2, 0) is 23.9 Å². The van der Waals surface area contributed by atoms with Crippen molar-refractivity contribution < 1.29 is 29.0 Å². The van der Waals surface area contributed by atoms with Gasteiger partial charge in [-0.05, 0) is 142 Å². The molecular weight excluding hydrogens is 604 g/mol. The molecule has 1 amide bonds. The van der Waals surface area contributed by atoms with Crippen LogP contribution < -0.4 is 5.32 Å². The molecule has 0 aromatic rings. The van der Waals surface area contributed by atoms with E-state index >= 15 is 0 Å². The molecule has 0 radical (unpaired) electrons. The summed E-state index contributed by atoms with van der Waals surface area (Å²) >= 11 is 0. The van der Waals surface area contributed by atoms with Crippen molar-refractivity contribution >= 4 is 23.6 Å². The lowest BCUT2D eigenvalue weighted by molar-refractivity contribution is -0.195. The fourth-order valence-corrected chi connectivity index (χ4v) is 13.4. The average molecular weight is 665 g/mol. The molecular formula is C40H60N2O6. The Labute approximate surface area is 287 Å². The van der Waals surface area contributed by atoms with Crippen LogP contribution in [0.15, 0.2) is 11.6 Å². The number of aliphatic carboxylic acids is 1. The molecule has 2 N–H and O–H groups in total. The lowest BCUT2D eigenvalue weighted by atomic mass is 9.33. The fraction of sp³-hybridized carbons (Fsp3) is 0.850. The summed E-state index contributed by atoms with van der Waals surface area (Å²) in [6, 6.07) is 0. The number of rotatable bonds is 5. The monoisotopic (exact) mass is 664 g/mol. The van der Waals surface area contributed by atoms with Gasteiger partial charge in [0.05, 0.1) is 5.41 Å². The highest BCUT2D eigenvalue weighted by atomic mass is 16.5. The van der Waals surface area contributed by atoms with E-state index in [1.54, 1.807) is 0 Å². The summed E-state index contributed by atoms with van der Waals surface area (Å²) in [6.07, 6.45) is 11.7. The molecule has 2 bridgehead atoms. The topological polar surface area (TPSA) is 113 Å². The first-order valence-corrected chi connectivity index (χ1v) is 19.1. The van der Waals surface area contributed by atoms with Crippen LogP contribution in [0.4, 0.5) is 0 Å². The van der Waals surface area contributed by atoms with Gasteiger partial charge in [-0.1, -0.05) is 47.1 Å². The fourth-order valence-electron chi connectivity index (χ4n) is 13.4. The second-order valence-corrected chi connectivity index (χ2v) is 19.4. The van der Waals surface area contributed by atoms with E-state index in [1.807, 2.05) is 13.0 Å². The van der Waals surface area contributed by atoms with Gasteiger partial charge in [-0.25, -0.2) is 0 Å². The Hall–Kier alpha value is -2.22. The van der Waals surface area contributed by atoms with E-state index in [9.17, 15) is 24.3 Å². The van der Waals surface area contributed by atoms with Crippen LogP contribution in [0.25, 0.3) is 0 Å². The molecule has 10 atom stereocenters. The van der Waals surface area contributed by atoms with Crippen LogP contribution in [0.5, 0.6) is 0 Å². The zero-order valence-electron chi connectivity index (χ0n) is 30.6. The van der Waals surface area contributed by atoms with Crippen LogP contribution >= 0.6 is 0 Å². The van der Waals surface area contributed by atoms with E-state index in [0.29, 0.717) is 25.2 Å². The number of carboxylic acid groups (broad SMARTS) is 1. The van der Waals surface area contributed by atoms with Crippen molar-refractivity contribution in [2.75, 3.05) is 26.2 Å². The van der Waals surface area contributed by atoms with Gasteiger partial charge >= 0.3 is 11.9 Å². The van der Waals surface area contributed by atoms with Crippen molar-refractivity contribution in [1.82, 2.24) is 10.2 Å². The highest BCUT2D eigenvalue weighted by Crippen LogP contribution is 2.75. The zero-order chi connectivity index (χ0) is 34.7. The summed E-state index contributed by atoms with van der Waals surface area (Å²) < 4.78 is 5.85. The van der Waals surface area contributed by atoms with Gasteiger partial charge in [-0.2, -0.15) is 0 Å². The van der Waals surface area contributed by atoms with Crippen molar-refractivity contribution in [3.63, 3.8) is 0 Å². The number of hydrogen-bond acceptors (Lipinski definition) is 6. The van der Waals surface area contributed by atoms with E-state index in [-0.39, 0.29) is 81.1 Å². The Morgan fingerprint density at radius 1 is 0.917 bits per heavy atom. The van der Waals surface area contributed by atoms with Crippen molar-refractivity contribution in [3.8, 4) is 0 Å². The third kappa shape index (κ3) is 4.83. The van der Waals surface area contributed by atoms with Crippen molar-refractivity contribution in [3.05, 3.63) is 11.6 Å². The minimum absolute atomic E-state index is 0.0265. The maximum Gasteiger partial charge on any atom is 0.325 e. The number of piperidine rings is 3. The SMILES string of the molecule is CC1(C)[C@@H](C(=O)NCC(=O)O[C@@H]2CN3CCC2CC3)CC[C@]2(C)[C@H]3C(=O)C=C4[C@@H]5C[C@@](C)(C(=O)O)CC[C@]5(C)CC[C@@]4(C)[C@]3(C)CC[C@@H]12. The average Bonchev–Trinajstić information content (AvgIpc) is 3.02. The third-order valence-electron chi connectivity index (χ3n) is 16.7. The van der Waals surface area contributed by atoms with Gasteiger partial charge in [0.15, 0.2) is 5.78 Å². The molecule has 0 spiro atoms. The number of fused-ring (bicyclic) bond motifs is 10. The first-order valence-electron chi connectivity index (χ1n) is 19.1. The molecule has 5 aliphatic carbocycles. The molecule has 8 rings (SSSR count). The number of amides is 1. The molecule has 48 heavy (non-hydrogen) atoms. The van der Waals surface area contributed by atoms with Crippen molar-refractivity contribution in [1.29, 1.82) is 0 Å². The van der Waals surface area contributed by atoms with Gasteiger partial charge in [0.2, 0.25) is 5.91 Å². The first kappa shape index (κ1) is 34.2. The van der Waals surface area contributed by atoms with E-state index in [4.69, 9.17) is 4.74 Å². The molecule has 8 nitrogen and oxygen atoms in total. The molecule has 266 valence electrons. The number of ketones is 1. The summed E-state index contributed by atoms with van der Waals surface area (Å²) in [4.78, 5) is 56.1. The van der Waals surface area contributed by atoms with E-state index in [2.05, 4.69) is 51.8 Å². The van der Waals surface area contributed by atoms with Gasteiger partial charge in [0.1, 0.15) is 12.6 Å². The Bertz CT molecular complexity index is 1430. The number of carbonyl (C=O) groups excluding carboxylic acids is 3. The molecule has 7 fully saturated rings. The van der Waals surface area contributed by atoms with Gasteiger partial charge < -0.3 is 15.2 Å². The third-order valence-corrected chi connectivity index (χ3v) is 16.7. The predicted octanol–water partition coefficient (Wildman–Crippen LogP) is 6.42. The van der Waals surface area contributed by atoms with Gasteiger partial charge in [0, 0.05) is 18.4 Å². The first-order chi connectivity index (χ1) is 22.4. The molecule has 0 aromatic heterocycles. The number of nitrogens with one attached hydrogen (secondary N) is 1. The zero-order valence-corrected chi connectivity index (χ0v) is 30.6. The number of carbonyl (C=O) groups is 4. The number of ether oxygens (including phenoxy) is 1. The molecule has 0 aromatic carbocycles. The van der Waals surface area contributed by atoms with Gasteiger partial charge in [-0.15, -0.1) is 0 Å². The second kappa shape index (κ2) is 11.1. The van der Waals surface area contributed by atoms with Crippen LogP contribution in [0.3, 0.4) is 0 Å². The highest BCUT2D eigenvalue weighted by molar-refractivity contribution is 5.96. The minimum atomic E-state index is -0.763. The van der Waals surface area contributed by atoms with E-state index < -0.39 is 11.4 Å². The highest BCUT2D eigenvalue weighted by Gasteiger charge is 2.70. The standard InChI is InChI=1S/C40H60N2O6/c1-35(2)25(33(45)41-22-31(44)48-29-23-42-18-10-24(29)11-19-42)8-12-38(5)30(35)9-13-40(7)32(38)28(43)20-26-27-21-37(4,34(46)47)15-14-36(27,3)16-17-39(26,40)6/h20,24-25,27,29-30,32H,8-19,21-23H2,1-7H3,(H,41,45)(H,46,47)/t25-,27+,29-,30+,32-,36-,37+,38+,39-,40-/m1/s1. The summed E-state index contributed by atoms with van der Waals surface area (Å²) in [5, 5.41) is 13.2. The molecule has 3 heterocycles. The Kier molecular flexibility index (Phi) is 7.95. The number of allylic oxidation sites excluding steroid dienone is 2. The predicted molar refractivity (Wildman–Crippen MR) is 183 cm³/mol. The number of hydrogen-bond donors (Lipinski definition) is 2. The Balaban J connectivity index is 1.10. The maximum atomic E-state index is 14.7. The number of carboxylic acids is 1. The lowest BCUT2D eigenvalue weighted by Crippen LogP contribution is -2.66. The number of esters is 1. The van der Waals surface area contributed by atoms with Crippen LogP contribution in [0.1, 0.15) is 119 Å². The van der Waals surface area contributed by atoms with E-state index in [0.717, 1.165) is 71.0 Å². The second-order valence-electron chi connectivity index (χ2n) is 19.4. The van der Waals surface area contributed by atoms with Gasteiger partial charge in [0.25, 0.3) is 0 Å². The molecule has 8 heteroatoms. The van der Waals surface area contributed by atoms with Gasteiger partial charge in [-0.3, -0.25) is 24.1 Å². The maximum absolute atomic E-state index is 14.7.